The van der Waals surface area contributed by atoms with Gasteiger partial charge in [0.1, 0.15) is 5.75 Å². The van der Waals surface area contributed by atoms with Crippen LogP contribution in [0.15, 0.2) is 53.5 Å². The second-order valence-corrected chi connectivity index (χ2v) is 7.71. The van der Waals surface area contributed by atoms with Gasteiger partial charge in [0, 0.05) is 38.4 Å². The van der Waals surface area contributed by atoms with Crippen molar-refractivity contribution in [1.82, 2.24) is 9.97 Å². The quantitative estimate of drug-likeness (QED) is 0.405. The third-order valence-electron chi connectivity index (χ3n) is 4.31. The van der Waals surface area contributed by atoms with E-state index in [9.17, 15) is 0 Å². The van der Waals surface area contributed by atoms with Crippen molar-refractivity contribution >= 4 is 65.3 Å². The lowest BCUT2D eigenvalue weighted by molar-refractivity contribution is 0.345. The molecule has 0 radical (unpaired) electrons. The van der Waals surface area contributed by atoms with Crippen LogP contribution in [0.2, 0.25) is 0 Å². The molecule has 3 heterocycles. The van der Waals surface area contributed by atoms with Crippen LogP contribution in [0.1, 0.15) is 6.92 Å². The average Bonchev–Trinajstić information content (AvgIpc) is 3.27. The van der Waals surface area contributed by atoms with Crippen LogP contribution in [0.25, 0.3) is 31.2 Å². The number of pyridine rings is 1. The average molecular weight is 377 g/mol. The van der Waals surface area contributed by atoms with Gasteiger partial charge in [-0.05, 0) is 43.3 Å². The molecule has 2 aromatic carbocycles. The minimum absolute atomic E-state index is 0.665. The van der Waals surface area contributed by atoms with Crippen LogP contribution in [0.4, 0.5) is 11.4 Å². The Hall–Kier alpha value is -2.70. The first-order valence-corrected chi connectivity index (χ1v) is 10.1. The monoisotopic (exact) mass is 377 g/mol. The standard InChI is InChI=1S/C20H15N3OS2/c1-2-24-18-10-25-20-9-13-15(5-6-21-16(13)8-14(18)20)23-12-3-4-19-17(7-12)22-11-26-19/h3-11H,2H2,1H3,(H,21,23). The van der Waals surface area contributed by atoms with Crippen molar-refractivity contribution in [3.05, 3.63) is 53.5 Å². The summed E-state index contributed by atoms with van der Waals surface area (Å²) in [5.41, 5.74) is 5.91. The van der Waals surface area contributed by atoms with Crippen LogP contribution < -0.4 is 10.1 Å². The van der Waals surface area contributed by atoms with Crippen LogP contribution in [0, 0.1) is 0 Å². The Morgan fingerprint density at radius 3 is 2.85 bits per heavy atom. The first kappa shape index (κ1) is 15.5. The largest absolute Gasteiger partial charge is 0.492 e. The van der Waals surface area contributed by atoms with Gasteiger partial charge in [-0.1, -0.05) is 0 Å². The molecule has 6 heteroatoms. The summed E-state index contributed by atoms with van der Waals surface area (Å²) in [4.78, 5) is 8.95. The number of ether oxygens (including phenoxy) is 1. The highest BCUT2D eigenvalue weighted by Crippen LogP contribution is 2.37. The Morgan fingerprint density at radius 2 is 1.92 bits per heavy atom. The lowest BCUT2D eigenvalue weighted by Crippen LogP contribution is -1.93. The highest BCUT2D eigenvalue weighted by atomic mass is 32.1. The van der Waals surface area contributed by atoms with E-state index in [4.69, 9.17) is 4.74 Å². The summed E-state index contributed by atoms with van der Waals surface area (Å²) in [6.07, 6.45) is 1.84. The zero-order valence-corrected chi connectivity index (χ0v) is 15.7. The molecule has 3 aromatic heterocycles. The number of nitrogens with one attached hydrogen (secondary N) is 1. The molecule has 0 aliphatic heterocycles. The number of hydrogen-bond donors (Lipinski definition) is 1. The van der Waals surface area contributed by atoms with Gasteiger partial charge >= 0.3 is 0 Å². The van der Waals surface area contributed by atoms with Gasteiger partial charge in [-0.15, -0.1) is 22.7 Å². The Bertz CT molecular complexity index is 1240. The van der Waals surface area contributed by atoms with Gasteiger partial charge in [-0.2, -0.15) is 0 Å². The van der Waals surface area contributed by atoms with Crippen molar-refractivity contribution in [2.75, 3.05) is 11.9 Å². The fourth-order valence-corrected chi connectivity index (χ4v) is 4.67. The molecule has 4 nitrogen and oxygen atoms in total. The molecular formula is C20H15N3OS2. The number of nitrogens with zero attached hydrogens (tertiary/aromatic N) is 2. The van der Waals surface area contributed by atoms with Crippen molar-refractivity contribution in [2.45, 2.75) is 6.92 Å². The first-order chi connectivity index (χ1) is 12.8. The van der Waals surface area contributed by atoms with Crippen LogP contribution in [0.5, 0.6) is 5.75 Å². The summed E-state index contributed by atoms with van der Waals surface area (Å²) >= 11 is 3.35. The number of rotatable bonds is 4. The lowest BCUT2D eigenvalue weighted by Gasteiger charge is -2.10. The predicted molar refractivity (Wildman–Crippen MR) is 111 cm³/mol. The van der Waals surface area contributed by atoms with Crippen LogP contribution >= 0.6 is 22.7 Å². The second kappa shape index (κ2) is 6.23. The fraction of sp³-hybridized carbons (Fsp3) is 0.100. The molecule has 0 aliphatic carbocycles. The van der Waals surface area contributed by atoms with Crippen molar-refractivity contribution in [3.8, 4) is 5.75 Å². The SMILES string of the molecule is CCOc1csc2cc3c(Nc4ccc5scnc5c4)ccnc3cc12. The van der Waals surface area contributed by atoms with E-state index in [0.29, 0.717) is 6.61 Å². The van der Waals surface area contributed by atoms with Gasteiger partial charge in [-0.25, -0.2) is 4.98 Å². The van der Waals surface area contributed by atoms with Gasteiger partial charge in [0.2, 0.25) is 0 Å². The number of aromatic nitrogens is 2. The number of thiophene rings is 1. The van der Waals surface area contributed by atoms with Crippen molar-refractivity contribution in [3.63, 3.8) is 0 Å². The topological polar surface area (TPSA) is 47.0 Å². The molecule has 0 saturated heterocycles. The van der Waals surface area contributed by atoms with E-state index < -0.39 is 0 Å². The van der Waals surface area contributed by atoms with Gasteiger partial charge in [0.15, 0.2) is 0 Å². The van der Waals surface area contributed by atoms with Crippen molar-refractivity contribution in [2.24, 2.45) is 0 Å². The predicted octanol–water partition coefficient (Wildman–Crippen LogP) is 6.20. The summed E-state index contributed by atoms with van der Waals surface area (Å²) in [6.45, 7) is 2.67. The number of hydrogen-bond acceptors (Lipinski definition) is 6. The fourth-order valence-electron chi connectivity index (χ4n) is 3.11. The van der Waals surface area contributed by atoms with Gasteiger partial charge in [0.05, 0.1) is 27.9 Å². The van der Waals surface area contributed by atoms with Gasteiger partial charge in [-0.3, -0.25) is 4.98 Å². The van der Waals surface area contributed by atoms with Crippen LogP contribution in [-0.2, 0) is 0 Å². The van der Waals surface area contributed by atoms with Crippen LogP contribution in [0.3, 0.4) is 0 Å². The summed E-state index contributed by atoms with van der Waals surface area (Å²) in [5.74, 6) is 0.934. The molecule has 0 unspecified atom stereocenters. The lowest BCUT2D eigenvalue weighted by atomic mass is 10.1. The summed E-state index contributed by atoms with van der Waals surface area (Å²) in [5, 5.41) is 7.81. The number of thiazole rings is 1. The molecule has 0 fully saturated rings. The zero-order valence-electron chi connectivity index (χ0n) is 14.0. The molecular weight excluding hydrogens is 362 g/mol. The highest BCUT2D eigenvalue weighted by Gasteiger charge is 2.10. The molecule has 5 aromatic rings. The summed E-state index contributed by atoms with van der Waals surface area (Å²) in [7, 11) is 0. The van der Waals surface area contributed by atoms with E-state index >= 15 is 0 Å². The molecule has 0 bridgehead atoms. The van der Waals surface area contributed by atoms with E-state index in [-0.39, 0.29) is 0 Å². The van der Waals surface area contributed by atoms with E-state index in [0.717, 1.165) is 38.9 Å². The van der Waals surface area contributed by atoms with Gasteiger partial charge in [0.25, 0.3) is 0 Å². The molecule has 0 aliphatic rings. The molecule has 0 atom stereocenters. The third-order valence-corrected chi connectivity index (χ3v) is 6.04. The normalized spacial score (nSPS) is 11.4. The molecule has 26 heavy (non-hydrogen) atoms. The first-order valence-electron chi connectivity index (χ1n) is 8.35. The maximum atomic E-state index is 5.73. The minimum Gasteiger partial charge on any atom is -0.492 e. The van der Waals surface area contributed by atoms with Gasteiger partial charge < -0.3 is 10.1 Å². The maximum Gasteiger partial charge on any atom is 0.137 e. The molecule has 0 saturated carbocycles. The molecule has 1 N–H and O–H groups in total. The Labute approximate surface area is 158 Å². The number of anilines is 2. The second-order valence-electron chi connectivity index (χ2n) is 5.92. The smallest absolute Gasteiger partial charge is 0.137 e. The number of benzene rings is 2. The van der Waals surface area contributed by atoms with Crippen molar-refractivity contribution in [1.29, 1.82) is 0 Å². The Balaban J connectivity index is 1.61. The zero-order chi connectivity index (χ0) is 17.5. The van der Waals surface area contributed by atoms with E-state index in [1.54, 1.807) is 22.7 Å². The van der Waals surface area contributed by atoms with Crippen molar-refractivity contribution < 1.29 is 4.74 Å². The van der Waals surface area contributed by atoms with E-state index in [1.165, 1.54) is 9.40 Å². The summed E-state index contributed by atoms with van der Waals surface area (Å²) in [6, 6.07) is 12.6. The Morgan fingerprint density at radius 1 is 0.962 bits per heavy atom. The molecule has 0 spiro atoms. The molecule has 128 valence electrons. The maximum absolute atomic E-state index is 5.73. The third kappa shape index (κ3) is 2.58. The molecule has 0 amide bonds. The van der Waals surface area contributed by atoms with E-state index in [1.807, 2.05) is 24.7 Å². The molecule has 5 rings (SSSR count). The van der Waals surface area contributed by atoms with Crippen LogP contribution in [-0.4, -0.2) is 16.6 Å². The minimum atomic E-state index is 0.665. The number of fused-ring (bicyclic) bond motifs is 3. The van der Waals surface area contributed by atoms with E-state index in [2.05, 4.69) is 51.0 Å². The Kier molecular flexibility index (Phi) is 3.72. The highest BCUT2D eigenvalue weighted by molar-refractivity contribution is 7.17. The summed E-state index contributed by atoms with van der Waals surface area (Å²) < 4.78 is 8.12.